The summed E-state index contributed by atoms with van der Waals surface area (Å²) in [6, 6.07) is 20.2. The van der Waals surface area contributed by atoms with Gasteiger partial charge in [-0.3, -0.25) is 14.4 Å². The number of carbonyl (C=O) groups is 3. The van der Waals surface area contributed by atoms with Crippen LogP contribution in [0.15, 0.2) is 72.8 Å². The van der Waals surface area contributed by atoms with E-state index < -0.39 is 29.4 Å². The number of carboxylic acids is 1. The first-order valence-corrected chi connectivity index (χ1v) is 11.8. The molecule has 0 unspecified atom stereocenters. The highest BCUT2D eigenvalue weighted by Crippen LogP contribution is 2.22. The SMILES string of the molecule is Cc1ccc(-c2ccc(C(=O)N[C@@H](CCC(=O)O)C(=O)NC(C)(C)Cc3ccccc3)cc2)cc1F. The van der Waals surface area contributed by atoms with E-state index in [9.17, 15) is 18.8 Å². The monoisotopic (exact) mass is 490 g/mol. The second-order valence-corrected chi connectivity index (χ2v) is 9.54. The lowest BCUT2D eigenvalue weighted by Gasteiger charge is -2.29. The first-order chi connectivity index (χ1) is 17.0. The second-order valence-electron chi connectivity index (χ2n) is 9.54. The third-order valence-electron chi connectivity index (χ3n) is 5.87. The molecule has 0 saturated heterocycles. The summed E-state index contributed by atoms with van der Waals surface area (Å²) in [6.45, 7) is 5.44. The summed E-state index contributed by atoms with van der Waals surface area (Å²) in [7, 11) is 0. The van der Waals surface area contributed by atoms with Crippen LogP contribution < -0.4 is 10.6 Å². The molecule has 1 atom stereocenters. The first-order valence-electron chi connectivity index (χ1n) is 11.8. The molecule has 0 aliphatic heterocycles. The van der Waals surface area contributed by atoms with Crippen LogP contribution in [0.4, 0.5) is 4.39 Å². The fraction of sp³-hybridized carbons (Fsp3) is 0.276. The van der Waals surface area contributed by atoms with Gasteiger partial charge in [-0.05, 0) is 74.1 Å². The predicted molar refractivity (Wildman–Crippen MR) is 137 cm³/mol. The Bertz CT molecular complexity index is 1220. The summed E-state index contributed by atoms with van der Waals surface area (Å²) in [5, 5.41) is 14.7. The van der Waals surface area contributed by atoms with E-state index in [0.29, 0.717) is 23.1 Å². The van der Waals surface area contributed by atoms with Gasteiger partial charge in [-0.25, -0.2) is 4.39 Å². The topological polar surface area (TPSA) is 95.5 Å². The molecule has 3 rings (SSSR count). The van der Waals surface area contributed by atoms with Gasteiger partial charge in [-0.1, -0.05) is 54.6 Å². The van der Waals surface area contributed by atoms with Gasteiger partial charge in [-0.15, -0.1) is 0 Å². The molecule has 3 aromatic rings. The van der Waals surface area contributed by atoms with Crippen molar-refractivity contribution in [1.29, 1.82) is 0 Å². The number of aryl methyl sites for hydroxylation is 1. The summed E-state index contributed by atoms with van der Waals surface area (Å²) in [5.74, 6) is -2.31. The van der Waals surface area contributed by atoms with Crippen molar-refractivity contribution in [3.8, 4) is 11.1 Å². The molecule has 3 aromatic carbocycles. The van der Waals surface area contributed by atoms with Crippen LogP contribution in [0.5, 0.6) is 0 Å². The van der Waals surface area contributed by atoms with Crippen molar-refractivity contribution in [2.45, 2.75) is 51.6 Å². The zero-order valence-corrected chi connectivity index (χ0v) is 20.7. The maximum Gasteiger partial charge on any atom is 0.303 e. The predicted octanol–water partition coefficient (Wildman–Crippen LogP) is 4.90. The molecule has 0 fully saturated rings. The summed E-state index contributed by atoms with van der Waals surface area (Å²) >= 11 is 0. The van der Waals surface area contributed by atoms with Crippen LogP contribution in [0.1, 0.15) is 48.2 Å². The minimum Gasteiger partial charge on any atom is -0.481 e. The van der Waals surface area contributed by atoms with Gasteiger partial charge < -0.3 is 15.7 Å². The normalized spacial score (nSPS) is 12.0. The van der Waals surface area contributed by atoms with Crippen molar-refractivity contribution >= 4 is 17.8 Å². The molecule has 6 nitrogen and oxygen atoms in total. The Balaban J connectivity index is 1.70. The fourth-order valence-corrected chi connectivity index (χ4v) is 3.94. The molecular formula is C29H31FN2O4. The van der Waals surface area contributed by atoms with Crippen molar-refractivity contribution in [3.05, 3.63) is 95.3 Å². The Labute approximate surface area is 210 Å². The summed E-state index contributed by atoms with van der Waals surface area (Å²) in [6.07, 6.45) is 0.255. The molecule has 188 valence electrons. The Morgan fingerprint density at radius 1 is 0.944 bits per heavy atom. The van der Waals surface area contributed by atoms with Crippen molar-refractivity contribution in [2.24, 2.45) is 0 Å². The van der Waals surface area contributed by atoms with Crippen LogP contribution >= 0.6 is 0 Å². The highest BCUT2D eigenvalue weighted by Gasteiger charge is 2.28. The average molecular weight is 491 g/mol. The molecular weight excluding hydrogens is 459 g/mol. The Morgan fingerprint density at radius 2 is 1.58 bits per heavy atom. The Kier molecular flexibility index (Phi) is 8.59. The van der Waals surface area contributed by atoms with Crippen LogP contribution in [0.25, 0.3) is 11.1 Å². The van der Waals surface area contributed by atoms with Crippen molar-refractivity contribution in [2.75, 3.05) is 0 Å². The lowest BCUT2D eigenvalue weighted by Crippen LogP contribution is -2.54. The van der Waals surface area contributed by atoms with Gasteiger partial charge in [0.2, 0.25) is 5.91 Å². The van der Waals surface area contributed by atoms with Crippen LogP contribution in [0.3, 0.4) is 0 Å². The van der Waals surface area contributed by atoms with Crippen LogP contribution in [-0.4, -0.2) is 34.5 Å². The second kappa shape index (κ2) is 11.6. The maximum absolute atomic E-state index is 13.9. The van der Waals surface area contributed by atoms with E-state index in [2.05, 4.69) is 10.6 Å². The van der Waals surface area contributed by atoms with E-state index in [1.165, 1.54) is 6.07 Å². The molecule has 0 heterocycles. The third-order valence-corrected chi connectivity index (χ3v) is 5.87. The molecule has 0 aliphatic rings. The minimum absolute atomic E-state index is 0.0466. The van der Waals surface area contributed by atoms with E-state index in [0.717, 1.165) is 11.1 Å². The Morgan fingerprint density at radius 3 is 2.19 bits per heavy atom. The standard InChI is InChI=1S/C29H31FN2O4/c1-19-9-10-23(17-24(19)30)21-11-13-22(14-12-21)27(35)31-25(15-16-26(33)34)28(36)32-29(2,3)18-20-7-5-4-6-8-20/h4-14,17,25H,15-16,18H2,1-3H3,(H,31,35)(H,32,36)(H,33,34)/t25-/m0/s1. The smallest absolute Gasteiger partial charge is 0.303 e. The van der Waals surface area contributed by atoms with E-state index in [-0.39, 0.29) is 18.7 Å². The fourth-order valence-electron chi connectivity index (χ4n) is 3.94. The molecule has 7 heteroatoms. The molecule has 0 aromatic heterocycles. The maximum atomic E-state index is 13.9. The van der Waals surface area contributed by atoms with Gasteiger partial charge in [0.1, 0.15) is 11.9 Å². The molecule has 0 spiro atoms. The summed E-state index contributed by atoms with van der Waals surface area (Å²) < 4.78 is 13.9. The molecule has 0 saturated carbocycles. The van der Waals surface area contributed by atoms with Crippen LogP contribution in [-0.2, 0) is 16.0 Å². The van der Waals surface area contributed by atoms with E-state index >= 15 is 0 Å². The van der Waals surface area contributed by atoms with Crippen LogP contribution in [0.2, 0.25) is 0 Å². The first kappa shape index (κ1) is 26.6. The largest absolute Gasteiger partial charge is 0.481 e. The number of amides is 2. The summed E-state index contributed by atoms with van der Waals surface area (Å²) in [4.78, 5) is 37.1. The average Bonchev–Trinajstić information content (AvgIpc) is 2.83. The lowest BCUT2D eigenvalue weighted by molar-refractivity contribution is -0.137. The van der Waals surface area contributed by atoms with Crippen LogP contribution in [0, 0.1) is 12.7 Å². The van der Waals surface area contributed by atoms with Gasteiger partial charge in [-0.2, -0.15) is 0 Å². The number of hydrogen-bond acceptors (Lipinski definition) is 3. The number of aliphatic carboxylic acids is 1. The van der Waals surface area contributed by atoms with E-state index in [4.69, 9.17) is 5.11 Å². The van der Waals surface area contributed by atoms with Gasteiger partial charge in [0.25, 0.3) is 5.91 Å². The minimum atomic E-state index is -1.06. The summed E-state index contributed by atoms with van der Waals surface area (Å²) in [5.41, 5.74) is 2.71. The number of carbonyl (C=O) groups excluding carboxylic acids is 2. The molecule has 2 amide bonds. The van der Waals surface area contributed by atoms with E-state index in [1.54, 1.807) is 43.3 Å². The quantitative estimate of drug-likeness (QED) is 0.377. The zero-order valence-electron chi connectivity index (χ0n) is 20.7. The highest BCUT2D eigenvalue weighted by atomic mass is 19.1. The molecule has 0 aliphatic carbocycles. The van der Waals surface area contributed by atoms with E-state index in [1.807, 2.05) is 44.2 Å². The molecule has 3 N–H and O–H groups in total. The Hall–Kier alpha value is -4.00. The molecule has 36 heavy (non-hydrogen) atoms. The zero-order chi connectivity index (χ0) is 26.3. The number of carboxylic acid groups (broad SMARTS) is 1. The van der Waals surface area contributed by atoms with Gasteiger partial charge in [0, 0.05) is 17.5 Å². The lowest BCUT2D eigenvalue weighted by atomic mass is 9.94. The third kappa shape index (κ3) is 7.50. The number of nitrogens with one attached hydrogen (secondary N) is 2. The number of benzene rings is 3. The van der Waals surface area contributed by atoms with Gasteiger partial charge in [0.05, 0.1) is 0 Å². The number of hydrogen-bond donors (Lipinski definition) is 3. The highest BCUT2D eigenvalue weighted by molar-refractivity contribution is 5.98. The van der Waals surface area contributed by atoms with Crippen molar-refractivity contribution < 1.29 is 23.9 Å². The van der Waals surface area contributed by atoms with Gasteiger partial charge in [0.15, 0.2) is 0 Å². The number of halogens is 1. The molecule has 0 bridgehead atoms. The number of rotatable bonds is 10. The van der Waals surface area contributed by atoms with Gasteiger partial charge >= 0.3 is 5.97 Å². The van der Waals surface area contributed by atoms with Crippen molar-refractivity contribution in [3.63, 3.8) is 0 Å². The molecule has 0 radical (unpaired) electrons. The van der Waals surface area contributed by atoms with Crippen molar-refractivity contribution in [1.82, 2.24) is 10.6 Å².